The van der Waals surface area contributed by atoms with Gasteiger partial charge < -0.3 is 14.8 Å². The van der Waals surface area contributed by atoms with Crippen LogP contribution in [0.25, 0.3) is 0 Å². The summed E-state index contributed by atoms with van der Waals surface area (Å²) in [5, 5.41) is 3.14. The lowest BCUT2D eigenvalue weighted by atomic mass is 9.69. The molecule has 0 unspecified atom stereocenters. The number of rotatable bonds is 4. The maximum atomic E-state index is 12.4. The third-order valence-electron chi connectivity index (χ3n) is 5.15. The standard InChI is InChI=1S/C19H27NO3/c1-15-6-5-7-16(12-15)19(8-3-2-4-9-19)14-20-18(21)17-13-22-10-11-23-17/h5-7,12,17H,2-4,8-11,13-14H2,1H3,(H,20,21)/t17-/m1/s1. The molecule has 1 aromatic rings. The van der Waals surface area contributed by atoms with Crippen LogP contribution in [0.5, 0.6) is 0 Å². The molecule has 23 heavy (non-hydrogen) atoms. The van der Waals surface area contributed by atoms with Crippen LogP contribution in [0, 0.1) is 6.92 Å². The average molecular weight is 317 g/mol. The third-order valence-corrected chi connectivity index (χ3v) is 5.15. The number of carbonyl (C=O) groups excluding carboxylic acids is 1. The Labute approximate surface area is 138 Å². The summed E-state index contributed by atoms with van der Waals surface area (Å²) in [5.74, 6) is -0.0395. The maximum Gasteiger partial charge on any atom is 0.251 e. The van der Waals surface area contributed by atoms with E-state index in [2.05, 4.69) is 36.5 Å². The van der Waals surface area contributed by atoms with Crippen molar-refractivity contribution in [2.75, 3.05) is 26.4 Å². The largest absolute Gasteiger partial charge is 0.376 e. The van der Waals surface area contributed by atoms with Crippen molar-refractivity contribution in [2.24, 2.45) is 0 Å². The van der Waals surface area contributed by atoms with Crippen LogP contribution in [-0.4, -0.2) is 38.4 Å². The molecule has 1 N–H and O–H groups in total. The molecule has 4 nitrogen and oxygen atoms in total. The van der Waals surface area contributed by atoms with E-state index in [-0.39, 0.29) is 11.3 Å². The van der Waals surface area contributed by atoms with Crippen molar-refractivity contribution in [2.45, 2.75) is 50.5 Å². The Morgan fingerprint density at radius 2 is 2.09 bits per heavy atom. The number of nitrogens with one attached hydrogen (secondary N) is 1. The zero-order valence-electron chi connectivity index (χ0n) is 14.0. The van der Waals surface area contributed by atoms with Crippen LogP contribution in [0.3, 0.4) is 0 Å². The fourth-order valence-electron chi connectivity index (χ4n) is 3.78. The van der Waals surface area contributed by atoms with Crippen LogP contribution < -0.4 is 5.32 Å². The fraction of sp³-hybridized carbons (Fsp3) is 0.632. The van der Waals surface area contributed by atoms with E-state index >= 15 is 0 Å². The van der Waals surface area contributed by atoms with E-state index in [4.69, 9.17) is 9.47 Å². The van der Waals surface area contributed by atoms with Gasteiger partial charge in [-0.2, -0.15) is 0 Å². The van der Waals surface area contributed by atoms with E-state index in [1.807, 2.05) is 0 Å². The van der Waals surface area contributed by atoms with Gasteiger partial charge in [-0.1, -0.05) is 49.1 Å². The molecule has 0 spiro atoms. The van der Waals surface area contributed by atoms with E-state index in [0.29, 0.717) is 26.4 Å². The van der Waals surface area contributed by atoms with Gasteiger partial charge in [-0.15, -0.1) is 0 Å². The summed E-state index contributed by atoms with van der Waals surface area (Å²) < 4.78 is 10.8. The molecular formula is C19H27NO3. The van der Waals surface area contributed by atoms with E-state index in [1.165, 1.54) is 30.4 Å². The van der Waals surface area contributed by atoms with Crippen molar-refractivity contribution in [1.82, 2.24) is 5.32 Å². The average Bonchev–Trinajstić information content (AvgIpc) is 2.61. The molecule has 1 atom stereocenters. The molecule has 4 heteroatoms. The predicted molar refractivity (Wildman–Crippen MR) is 89.5 cm³/mol. The van der Waals surface area contributed by atoms with Gasteiger partial charge in [-0.25, -0.2) is 0 Å². The molecule has 0 aromatic heterocycles. The number of hydrogen-bond acceptors (Lipinski definition) is 3. The summed E-state index contributed by atoms with van der Waals surface area (Å²) in [4.78, 5) is 12.4. The molecule has 1 saturated heterocycles. The first kappa shape index (κ1) is 16.5. The number of carbonyl (C=O) groups is 1. The molecule has 2 aliphatic rings. The Morgan fingerprint density at radius 3 is 2.78 bits per heavy atom. The lowest BCUT2D eigenvalue weighted by molar-refractivity contribution is -0.147. The molecule has 1 aliphatic heterocycles. The fourth-order valence-corrected chi connectivity index (χ4v) is 3.78. The van der Waals surface area contributed by atoms with Gasteiger partial charge in [0.1, 0.15) is 0 Å². The van der Waals surface area contributed by atoms with Crippen LogP contribution in [-0.2, 0) is 19.7 Å². The first-order valence-corrected chi connectivity index (χ1v) is 8.74. The summed E-state index contributed by atoms with van der Waals surface area (Å²) >= 11 is 0. The Bertz CT molecular complexity index is 531. The van der Waals surface area contributed by atoms with Gasteiger partial charge in [0.25, 0.3) is 5.91 Å². The first-order chi connectivity index (χ1) is 11.2. The van der Waals surface area contributed by atoms with E-state index in [1.54, 1.807) is 0 Å². The van der Waals surface area contributed by atoms with Crippen LogP contribution >= 0.6 is 0 Å². The normalized spacial score (nSPS) is 24.1. The van der Waals surface area contributed by atoms with Crippen LogP contribution in [0.1, 0.15) is 43.2 Å². The molecule has 1 aliphatic carbocycles. The smallest absolute Gasteiger partial charge is 0.251 e. The molecule has 2 fully saturated rings. The highest BCUT2D eigenvalue weighted by molar-refractivity contribution is 5.81. The Morgan fingerprint density at radius 1 is 1.26 bits per heavy atom. The highest BCUT2D eigenvalue weighted by Crippen LogP contribution is 2.39. The Balaban J connectivity index is 1.70. The second kappa shape index (κ2) is 7.45. The van der Waals surface area contributed by atoms with Crippen molar-refractivity contribution in [3.63, 3.8) is 0 Å². The minimum absolute atomic E-state index is 0.0395. The van der Waals surface area contributed by atoms with Crippen molar-refractivity contribution in [3.8, 4) is 0 Å². The van der Waals surface area contributed by atoms with Crippen molar-refractivity contribution in [1.29, 1.82) is 0 Å². The lowest BCUT2D eigenvalue weighted by Crippen LogP contribution is -2.48. The highest BCUT2D eigenvalue weighted by atomic mass is 16.6. The maximum absolute atomic E-state index is 12.4. The molecule has 126 valence electrons. The summed E-state index contributed by atoms with van der Waals surface area (Å²) in [6.07, 6.45) is 5.57. The summed E-state index contributed by atoms with van der Waals surface area (Å²) in [6.45, 7) is 4.27. The minimum Gasteiger partial charge on any atom is -0.376 e. The van der Waals surface area contributed by atoms with E-state index < -0.39 is 6.10 Å². The van der Waals surface area contributed by atoms with Crippen LogP contribution in [0.2, 0.25) is 0 Å². The monoisotopic (exact) mass is 317 g/mol. The Hall–Kier alpha value is -1.39. The number of amides is 1. The van der Waals surface area contributed by atoms with Gasteiger partial charge in [0.2, 0.25) is 0 Å². The van der Waals surface area contributed by atoms with Crippen molar-refractivity contribution < 1.29 is 14.3 Å². The second-order valence-electron chi connectivity index (χ2n) is 6.86. The zero-order chi connectivity index (χ0) is 16.1. The lowest BCUT2D eigenvalue weighted by Gasteiger charge is -2.38. The zero-order valence-corrected chi connectivity index (χ0v) is 14.0. The summed E-state index contributed by atoms with van der Waals surface area (Å²) in [5.41, 5.74) is 2.70. The van der Waals surface area contributed by atoms with Gasteiger partial charge in [0.15, 0.2) is 6.10 Å². The van der Waals surface area contributed by atoms with Crippen molar-refractivity contribution in [3.05, 3.63) is 35.4 Å². The molecule has 0 radical (unpaired) electrons. The van der Waals surface area contributed by atoms with Crippen molar-refractivity contribution >= 4 is 5.91 Å². The number of benzene rings is 1. The van der Waals surface area contributed by atoms with Gasteiger partial charge >= 0.3 is 0 Å². The van der Waals surface area contributed by atoms with Gasteiger partial charge in [0, 0.05) is 12.0 Å². The molecule has 1 heterocycles. The molecule has 1 saturated carbocycles. The Kier molecular flexibility index (Phi) is 5.34. The molecule has 1 aromatic carbocycles. The van der Waals surface area contributed by atoms with Gasteiger partial charge in [-0.05, 0) is 25.3 Å². The van der Waals surface area contributed by atoms with Gasteiger partial charge in [-0.3, -0.25) is 4.79 Å². The summed E-state index contributed by atoms with van der Waals surface area (Å²) in [7, 11) is 0. The minimum atomic E-state index is -0.457. The SMILES string of the molecule is Cc1cccc(C2(CNC(=O)[C@H]3COCCO3)CCCCC2)c1. The van der Waals surface area contributed by atoms with E-state index in [9.17, 15) is 4.79 Å². The molecule has 0 bridgehead atoms. The summed E-state index contributed by atoms with van der Waals surface area (Å²) in [6, 6.07) is 8.75. The van der Waals surface area contributed by atoms with Crippen LogP contribution in [0.4, 0.5) is 0 Å². The molecule has 1 amide bonds. The number of ether oxygens (including phenoxy) is 2. The molecular weight excluding hydrogens is 290 g/mol. The van der Waals surface area contributed by atoms with E-state index in [0.717, 1.165) is 12.8 Å². The van der Waals surface area contributed by atoms with Crippen LogP contribution in [0.15, 0.2) is 24.3 Å². The third kappa shape index (κ3) is 3.93. The highest BCUT2D eigenvalue weighted by Gasteiger charge is 2.35. The van der Waals surface area contributed by atoms with Gasteiger partial charge in [0.05, 0.1) is 19.8 Å². The predicted octanol–water partition coefficient (Wildman–Crippen LogP) is 2.73. The number of hydrogen-bond donors (Lipinski definition) is 1. The quantitative estimate of drug-likeness (QED) is 0.929. The number of aryl methyl sites for hydroxylation is 1. The second-order valence-corrected chi connectivity index (χ2v) is 6.86. The topological polar surface area (TPSA) is 47.6 Å². The first-order valence-electron chi connectivity index (χ1n) is 8.74. The molecule has 3 rings (SSSR count).